The molecule has 84 valence electrons. The summed E-state index contributed by atoms with van der Waals surface area (Å²) in [5.41, 5.74) is 0. The lowest BCUT2D eigenvalue weighted by atomic mass is 9.79. The van der Waals surface area contributed by atoms with Crippen LogP contribution >= 0.6 is 0 Å². The van der Waals surface area contributed by atoms with Gasteiger partial charge in [-0.1, -0.05) is 20.3 Å². The fourth-order valence-electron chi connectivity index (χ4n) is 2.54. The molecule has 0 aromatic carbocycles. The first-order valence-corrected chi connectivity index (χ1v) is 6.02. The van der Waals surface area contributed by atoms with Gasteiger partial charge in [0.15, 0.2) is 0 Å². The minimum absolute atomic E-state index is 0.170. The number of aliphatic hydroxyl groups excluding tert-OH is 1. The van der Waals surface area contributed by atoms with Crippen molar-refractivity contribution in [3.05, 3.63) is 0 Å². The molecule has 2 heteroatoms. The molecule has 0 aromatic rings. The maximum Gasteiger partial charge on any atom is 0.0524 e. The summed E-state index contributed by atoms with van der Waals surface area (Å²) in [5.74, 6) is 1.60. The van der Waals surface area contributed by atoms with Gasteiger partial charge < -0.3 is 10.4 Å². The molecular formula is C12H25NO. The Hall–Kier alpha value is -0.0800. The first-order valence-electron chi connectivity index (χ1n) is 6.02. The third kappa shape index (κ3) is 3.58. The van der Waals surface area contributed by atoms with Crippen LogP contribution in [0.3, 0.4) is 0 Å². The topological polar surface area (TPSA) is 32.3 Å². The van der Waals surface area contributed by atoms with Gasteiger partial charge in [-0.25, -0.2) is 0 Å². The quantitative estimate of drug-likeness (QED) is 0.727. The predicted octanol–water partition coefficient (Wildman–Crippen LogP) is 2.17. The highest BCUT2D eigenvalue weighted by atomic mass is 16.3. The van der Waals surface area contributed by atoms with Crippen molar-refractivity contribution in [2.24, 2.45) is 11.8 Å². The molecule has 1 fully saturated rings. The van der Waals surface area contributed by atoms with Crippen LogP contribution in [0.15, 0.2) is 0 Å². The number of nitrogens with one attached hydrogen (secondary N) is 1. The normalized spacial score (nSPS) is 35.6. The molecule has 2 N–H and O–H groups in total. The van der Waals surface area contributed by atoms with E-state index in [0.717, 1.165) is 24.8 Å². The van der Waals surface area contributed by atoms with Crippen LogP contribution in [-0.2, 0) is 0 Å². The van der Waals surface area contributed by atoms with E-state index < -0.39 is 0 Å². The fraction of sp³-hybridized carbons (Fsp3) is 1.00. The van der Waals surface area contributed by atoms with Crippen LogP contribution in [0.5, 0.6) is 0 Å². The maximum absolute atomic E-state index is 9.17. The first kappa shape index (κ1) is 12.0. The molecule has 1 rings (SSSR count). The summed E-state index contributed by atoms with van der Waals surface area (Å²) in [7, 11) is 0. The van der Waals surface area contributed by atoms with E-state index in [2.05, 4.69) is 19.2 Å². The van der Waals surface area contributed by atoms with Gasteiger partial charge in [0.25, 0.3) is 0 Å². The second kappa shape index (κ2) is 5.72. The molecule has 0 aromatic heterocycles. The van der Waals surface area contributed by atoms with Crippen LogP contribution in [0.25, 0.3) is 0 Å². The van der Waals surface area contributed by atoms with Gasteiger partial charge in [-0.05, 0) is 44.6 Å². The average Bonchev–Trinajstić information content (AvgIpc) is 2.09. The van der Waals surface area contributed by atoms with Gasteiger partial charge in [0.2, 0.25) is 0 Å². The third-order valence-electron chi connectivity index (χ3n) is 3.49. The predicted molar refractivity (Wildman–Crippen MR) is 60.3 cm³/mol. The van der Waals surface area contributed by atoms with Crippen molar-refractivity contribution in [2.75, 3.05) is 6.54 Å². The van der Waals surface area contributed by atoms with E-state index in [4.69, 9.17) is 0 Å². The molecule has 1 aliphatic rings. The Kier molecular flexibility index (Phi) is 4.90. The van der Waals surface area contributed by atoms with Crippen molar-refractivity contribution in [3.63, 3.8) is 0 Å². The lowest BCUT2D eigenvalue weighted by Gasteiger charge is -2.35. The zero-order valence-electron chi connectivity index (χ0n) is 9.79. The van der Waals surface area contributed by atoms with E-state index >= 15 is 0 Å². The Morgan fingerprint density at radius 1 is 1.29 bits per heavy atom. The molecule has 1 aliphatic carbocycles. The molecule has 14 heavy (non-hydrogen) atoms. The minimum Gasteiger partial charge on any atom is -0.393 e. The largest absolute Gasteiger partial charge is 0.393 e. The summed E-state index contributed by atoms with van der Waals surface area (Å²) >= 11 is 0. The van der Waals surface area contributed by atoms with Gasteiger partial charge in [0, 0.05) is 6.04 Å². The molecule has 0 amide bonds. The third-order valence-corrected chi connectivity index (χ3v) is 3.49. The summed E-state index contributed by atoms with van der Waals surface area (Å²) in [6.45, 7) is 7.50. The standard InChI is InChI=1S/C12H25NO/c1-9-5-4-6-10(2)12(9)13-8-7-11(3)14/h9-14H,4-8H2,1-3H3. The van der Waals surface area contributed by atoms with Crippen molar-refractivity contribution in [1.82, 2.24) is 5.32 Å². The summed E-state index contributed by atoms with van der Waals surface area (Å²) < 4.78 is 0. The van der Waals surface area contributed by atoms with Gasteiger partial charge in [-0.2, -0.15) is 0 Å². The SMILES string of the molecule is CC(O)CCNC1C(C)CCCC1C. The summed E-state index contributed by atoms with van der Waals surface area (Å²) in [4.78, 5) is 0. The lowest BCUT2D eigenvalue weighted by Crippen LogP contribution is -2.43. The van der Waals surface area contributed by atoms with Gasteiger partial charge >= 0.3 is 0 Å². The summed E-state index contributed by atoms with van der Waals surface area (Å²) in [6.07, 6.45) is 4.80. The van der Waals surface area contributed by atoms with E-state index in [1.54, 1.807) is 0 Å². The van der Waals surface area contributed by atoms with Gasteiger partial charge in [-0.3, -0.25) is 0 Å². The van der Waals surface area contributed by atoms with Crippen LogP contribution in [0.4, 0.5) is 0 Å². The molecule has 2 nitrogen and oxygen atoms in total. The molecule has 1 saturated carbocycles. The molecule has 3 atom stereocenters. The lowest BCUT2D eigenvalue weighted by molar-refractivity contribution is 0.166. The Balaban J connectivity index is 2.26. The van der Waals surface area contributed by atoms with Crippen molar-refractivity contribution in [1.29, 1.82) is 0 Å². The highest BCUT2D eigenvalue weighted by Gasteiger charge is 2.26. The second-order valence-electron chi connectivity index (χ2n) is 5.00. The molecular weight excluding hydrogens is 174 g/mol. The molecule has 3 unspecified atom stereocenters. The monoisotopic (exact) mass is 199 g/mol. The Morgan fingerprint density at radius 3 is 2.36 bits per heavy atom. The van der Waals surface area contributed by atoms with Crippen LogP contribution in [0, 0.1) is 11.8 Å². The Morgan fingerprint density at radius 2 is 1.86 bits per heavy atom. The maximum atomic E-state index is 9.17. The average molecular weight is 199 g/mol. The zero-order chi connectivity index (χ0) is 10.6. The van der Waals surface area contributed by atoms with Crippen LogP contribution in [-0.4, -0.2) is 23.8 Å². The number of rotatable bonds is 4. The number of aliphatic hydroxyl groups is 1. The van der Waals surface area contributed by atoms with E-state index in [9.17, 15) is 5.11 Å². The molecule has 0 heterocycles. The highest BCUT2D eigenvalue weighted by molar-refractivity contribution is 4.83. The first-order chi connectivity index (χ1) is 6.61. The Labute approximate surface area is 88.1 Å². The van der Waals surface area contributed by atoms with Gasteiger partial charge in [0.1, 0.15) is 0 Å². The fourth-order valence-corrected chi connectivity index (χ4v) is 2.54. The van der Waals surface area contributed by atoms with E-state index in [1.807, 2.05) is 6.92 Å². The van der Waals surface area contributed by atoms with E-state index in [0.29, 0.717) is 6.04 Å². The number of hydrogen-bond acceptors (Lipinski definition) is 2. The van der Waals surface area contributed by atoms with Crippen molar-refractivity contribution >= 4 is 0 Å². The van der Waals surface area contributed by atoms with E-state index in [1.165, 1.54) is 19.3 Å². The summed E-state index contributed by atoms with van der Waals surface area (Å²) in [6, 6.07) is 0.669. The van der Waals surface area contributed by atoms with Crippen LogP contribution in [0.2, 0.25) is 0 Å². The smallest absolute Gasteiger partial charge is 0.0524 e. The molecule has 0 bridgehead atoms. The molecule has 0 saturated heterocycles. The van der Waals surface area contributed by atoms with Gasteiger partial charge in [0.05, 0.1) is 6.10 Å². The molecule has 0 radical (unpaired) electrons. The van der Waals surface area contributed by atoms with Crippen LogP contribution in [0.1, 0.15) is 46.5 Å². The van der Waals surface area contributed by atoms with Crippen molar-refractivity contribution < 1.29 is 5.11 Å². The minimum atomic E-state index is -0.170. The van der Waals surface area contributed by atoms with Crippen molar-refractivity contribution in [2.45, 2.75) is 58.6 Å². The van der Waals surface area contributed by atoms with E-state index in [-0.39, 0.29) is 6.10 Å². The second-order valence-corrected chi connectivity index (χ2v) is 5.00. The zero-order valence-corrected chi connectivity index (χ0v) is 9.79. The molecule has 0 spiro atoms. The van der Waals surface area contributed by atoms with Gasteiger partial charge in [-0.15, -0.1) is 0 Å². The number of hydrogen-bond donors (Lipinski definition) is 2. The summed E-state index contributed by atoms with van der Waals surface area (Å²) in [5, 5.41) is 12.8. The molecule has 0 aliphatic heterocycles. The highest BCUT2D eigenvalue weighted by Crippen LogP contribution is 2.28. The Bertz CT molecular complexity index is 148. The van der Waals surface area contributed by atoms with Crippen LogP contribution < -0.4 is 5.32 Å². The van der Waals surface area contributed by atoms with Crippen molar-refractivity contribution in [3.8, 4) is 0 Å².